The van der Waals surface area contributed by atoms with Gasteiger partial charge in [0.05, 0.1) is 10.6 Å². The number of rotatable bonds is 6. The highest BCUT2D eigenvalue weighted by Gasteiger charge is 2.30. The lowest BCUT2D eigenvalue weighted by Crippen LogP contribution is -1.99. The lowest BCUT2D eigenvalue weighted by atomic mass is 10.1. The summed E-state index contributed by atoms with van der Waals surface area (Å²) < 4.78 is 7.96. The van der Waals surface area contributed by atoms with Crippen LogP contribution in [0.4, 0.5) is 0 Å². The quantitative estimate of drug-likeness (QED) is 0.399. The van der Waals surface area contributed by atoms with Gasteiger partial charge in [0.2, 0.25) is 5.89 Å². The summed E-state index contributed by atoms with van der Waals surface area (Å²) in [6.07, 6.45) is 4.14. The molecule has 4 aromatic rings. The predicted molar refractivity (Wildman–Crippen MR) is 108 cm³/mol. The predicted octanol–water partition coefficient (Wildman–Crippen LogP) is 5.60. The minimum absolute atomic E-state index is 0.528. The monoisotopic (exact) mass is 394 g/mol. The molecule has 0 unspecified atom stereocenters. The van der Waals surface area contributed by atoms with Gasteiger partial charge in [-0.15, -0.1) is 21.5 Å². The third kappa shape index (κ3) is 3.44. The van der Waals surface area contributed by atoms with Crippen LogP contribution in [0.3, 0.4) is 0 Å². The molecule has 1 aromatic carbocycles. The molecule has 0 amide bonds. The molecule has 0 spiro atoms. The average molecular weight is 395 g/mol. The van der Waals surface area contributed by atoms with Crippen LogP contribution >= 0.6 is 23.1 Å². The maximum Gasteiger partial charge on any atom is 0.226 e. The SMILES string of the molecule is Cc1ccc(-c2nc(CSc3nnc(-c4cccs4)n3C3CC3)co2)cc1. The van der Waals surface area contributed by atoms with Crippen molar-refractivity contribution in [2.24, 2.45) is 0 Å². The van der Waals surface area contributed by atoms with E-state index in [1.807, 2.05) is 12.1 Å². The molecule has 0 N–H and O–H groups in total. The lowest BCUT2D eigenvalue weighted by Gasteiger charge is -2.06. The number of nitrogens with zero attached hydrogens (tertiary/aromatic N) is 4. The van der Waals surface area contributed by atoms with Crippen molar-refractivity contribution >= 4 is 23.1 Å². The average Bonchev–Trinajstić information content (AvgIpc) is 3.10. The molecule has 7 heteroatoms. The number of hydrogen-bond donors (Lipinski definition) is 0. The third-order valence-corrected chi connectivity index (χ3v) is 6.36. The largest absolute Gasteiger partial charge is 0.444 e. The Bertz CT molecular complexity index is 1050. The van der Waals surface area contributed by atoms with Crippen molar-refractivity contribution in [1.82, 2.24) is 19.7 Å². The van der Waals surface area contributed by atoms with Crippen molar-refractivity contribution in [3.8, 4) is 22.2 Å². The Morgan fingerprint density at radius 1 is 1.19 bits per heavy atom. The summed E-state index contributed by atoms with van der Waals surface area (Å²) in [5.74, 6) is 2.36. The Balaban J connectivity index is 1.34. The van der Waals surface area contributed by atoms with Gasteiger partial charge < -0.3 is 4.42 Å². The summed E-state index contributed by atoms with van der Waals surface area (Å²) in [6.45, 7) is 2.07. The molecule has 5 nitrogen and oxygen atoms in total. The van der Waals surface area contributed by atoms with Gasteiger partial charge >= 0.3 is 0 Å². The first kappa shape index (κ1) is 16.8. The second-order valence-electron chi connectivity index (χ2n) is 6.68. The van der Waals surface area contributed by atoms with E-state index in [1.165, 1.54) is 23.3 Å². The van der Waals surface area contributed by atoms with Gasteiger partial charge in [-0.2, -0.15) is 0 Å². The van der Waals surface area contributed by atoms with Crippen LogP contribution in [0.25, 0.3) is 22.2 Å². The highest BCUT2D eigenvalue weighted by molar-refractivity contribution is 7.98. The van der Waals surface area contributed by atoms with Gasteiger partial charge in [-0.1, -0.05) is 35.5 Å². The summed E-state index contributed by atoms with van der Waals surface area (Å²) in [5.41, 5.74) is 3.14. The van der Waals surface area contributed by atoms with Gasteiger partial charge in [0.25, 0.3) is 0 Å². The van der Waals surface area contributed by atoms with Crippen molar-refractivity contribution in [2.75, 3.05) is 0 Å². The zero-order valence-corrected chi connectivity index (χ0v) is 16.5. The minimum Gasteiger partial charge on any atom is -0.444 e. The van der Waals surface area contributed by atoms with E-state index in [4.69, 9.17) is 4.42 Å². The fourth-order valence-electron chi connectivity index (χ4n) is 2.95. The second-order valence-corrected chi connectivity index (χ2v) is 8.57. The zero-order valence-electron chi connectivity index (χ0n) is 14.8. The van der Waals surface area contributed by atoms with Crippen LogP contribution in [0.2, 0.25) is 0 Å². The van der Waals surface area contributed by atoms with Crippen LogP contribution in [-0.4, -0.2) is 19.7 Å². The molecule has 136 valence electrons. The fourth-order valence-corrected chi connectivity index (χ4v) is 4.54. The maximum atomic E-state index is 5.67. The van der Waals surface area contributed by atoms with Crippen LogP contribution in [0.15, 0.2) is 57.6 Å². The molecule has 5 rings (SSSR count). The molecular formula is C20H18N4OS2. The van der Waals surface area contributed by atoms with Gasteiger partial charge in [-0.3, -0.25) is 4.57 Å². The van der Waals surface area contributed by atoms with Gasteiger partial charge in [0.15, 0.2) is 11.0 Å². The van der Waals surface area contributed by atoms with Crippen LogP contribution in [-0.2, 0) is 5.75 Å². The molecule has 0 atom stereocenters. The number of aromatic nitrogens is 4. The van der Waals surface area contributed by atoms with E-state index in [1.54, 1.807) is 29.4 Å². The highest BCUT2D eigenvalue weighted by atomic mass is 32.2. The smallest absolute Gasteiger partial charge is 0.226 e. The molecular weight excluding hydrogens is 376 g/mol. The Labute approximate surface area is 165 Å². The molecule has 0 bridgehead atoms. The van der Waals surface area contributed by atoms with Crippen LogP contribution in [0.5, 0.6) is 0 Å². The van der Waals surface area contributed by atoms with Crippen LogP contribution < -0.4 is 0 Å². The molecule has 1 aliphatic rings. The first-order valence-corrected chi connectivity index (χ1v) is 10.8. The van der Waals surface area contributed by atoms with Crippen molar-refractivity contribution in [3.05, 3.63) is 59.3 Å². The zero-order chi connectivity index (χ0) is 18.2. The fraction of sp³-hybridized carbons (Fsp3) is 0.250. The van der Waals surface area contributed by atoms with Crippen LogP contribution in [0.1, 0.15) is 30.1 Å². The molecule has 0 radical (unpaired) electrons. The van der Waals surface area contributed by atoms with Gasteiger partial charge in [-0.05, 0) is 43.3 Å². The maximum absolute atomic E-state index is 5.67. The third-order valence-electron chi connectivity index (χ3n) is 4.52. The Kier molecular flexibility index (Phi) is 4.33. The normalized spacial score (nSPS) is 14.0. The summed E-state index contributed by atoms with van der Waals surface area (Å²) in [6, 6.07) is 12.9. The molecule has 0 aliphatic heterocycles. The topological polar surface area (TPSA) is 56.7 Å². The van der Waals surface area contributed by atoms with Crippen molar-refractivity contribution in [1.29, 1.82) is 0 Å². The summed E-state index contributed by atoms with van der Waals surface area (Å²) in [5, 5.41) is 11.9. The minimum atomic E-state index is 0.528. The van der Waals surface area contributed by atoms with E-state index in [0.29, 0.717) is 17.7 Å². The number of oxazole rings is 1. The number of thiophene rings is 1. The molecule has 3 aromatic heterocycles. The molecule has 0 saturated heterocycles. The van der Waals surface area contributed by atoms with Crippen LogP contribution in [0, 0.1) is 6.92 Å². The van der Waals surface area contributed by atoms with Gasteiger partial charge in [-0.25, -0.2) is 4.98 Å². The molecule has 1 fully saturated rings. The summed E-state index contributed by atoms with van der Waals surface area (Å²) in [4.78, 5) is 5.80. The molecule has 1 saturated carbocycles. The molecule has 27 heavy (non-hydrogen) atoms. The Morgan fingerprint density at radius 2 is 2.04 bits per heavy atom. The van der Waals surface area contributed by atoms with Gasteiger partial charge in [0.1, 0.15) is 6.26 Å². The second kappa shape index (κ2) is 6.98. The lowest BCUT2D eigenvalue weighted by molar-refractivity contribution is 0.573. The van der Waals surface area contributed by atoms with E-state index < -0.39 is 0 Å². The molecule has 3 heterocycles. The van der Waals surface area contributed by atoms with Crippen molar-refractivity contribution in [2.45, 2.75) is 36.7 Å². The van der Waals surface area contributed by atoms with E-state index >= 15 is 0 Å². The van der Waals surface area contributed by atoms with E-state index in [-0.39, 0.29) is 0 Å². The van der Waals surface area contributed by atoms with Crippen molar-refractivity contribution < 1.29 is 4.42 Å². The highest BCUT2D eigenvalue weighted by Crippen LogP contribution is 2.42. The number of benzene rings is 1. The van der Waals surface area contributed by atoms with Gasteiger partial charge in [0, 0.05) is 17.4 Å². The van der Waals surface area contributed by atoms with E-state index in [2.05, 4.69) is 56.3 Å². The number of aryl methyl sites for hydroxylation is 1. The Morgan fingerprint density at radius 3 is 2.78 bits per heavy atom. The summed E-state index contributed by atoms with van der Waals surface area (Å²) >= 11 is 3.37. The number of thioether (sulfide) groups is 1. The van der Waals surface area contributed by atoms with Crippen molar-refractivity contribution in [3.63, 3.8) is 0 Å². The van der Waals surface area contributed by atoms with E-state index in [0.717, 1.165) is 22.2 Å². The van der Waals surface area contributed by atoms with E-state index in [9.17, 15) is 0 Å². The standard InChI is InChI=1S/C20H18N4OS2/c1-13-4-6-14(7-5-13)19-21-15(11-25-19)12-27-20-23-22-18(17-3-2-10-26-17)24(20)16-8-9-16/h2-7,10-11,16H,8-9,12H2,1H3. The first-order valence-electron chi connectivity index (χ1n) is 8.91. The number of hydrogen-bond acceptors (Lipinski definition) is 6. The Hall–Kier alpha value is -2.38. The first-order chi connectivity index (χ1) is 13.3. The molecule has 1 aliphatic carbocycles. The summed E-state index contributed by atoms with van der Waals surface area (Å²) in [7, 11) is 0.